The summed E-state index contributed by atoms with van der Waals surface area (Å²) in [5, 5.41) is 14.8. The van der Waals surface area contributed by atoms with Crippen LogP contribution in [0, 0.1) is 11.6 Å². The Balaban J connectivity index is 1.58. The van der Waals surface area contributed by atoms with E-state index in [0.717, 1.165) is 18.9 Å². The Morgan fingerprint density at radius 1 is 1.25 bits per heavy atom. The van der Waals surface area contributed by atoms with Crippen LogP contribution in [0.25, 0.3) is 0 Å². The van der Waals surface area contributed by atoms with E-state index in [-0.39, 0.29) is 24.7 Å². The van der Waals surface area contributed by atoms with Gasteiger partial charge in [0.1, 0.15) is 11.6 Å². The standard InChI is InChI=1S/C20H27F2N3O3/c1-2-25(12-18(26)27)15-10-14(11-15)23-19(28)24-20(7-3-4-8-20)16-6-5-13(21)9-17(16)22/h5-6,9,14-15H,2-4,7-8,10-12H2,1H3,(H,26,27)(H2,23,24,28). The summed E-state index contributed by atoms with van der Waals surface area (Å²) in [5.41, 5.74) is -0.490. The first-order chi connectivity index (χ1) is 13.3. The van der Waals surface area contributed by atoms with E-state index in [1.807, 2.05) is 11.8 Å². The summed E-state index contributed by atoms with van der Waals surface area (Å²) < 4.78 is 27.6. The van der Waals surface area contributed by atoms with Gasteiger partial charge in [-0.25, -0.2) is 13.6 Å². The van der Waals surface area contributed by atoms with Gasteiger partial charge in [-0.15, -0.1) is 0 Å². The molecule has 3 rings (SSSR count). The van der Waals surface area contributed by atoms with Crippen LogP contribution >= 0.6 is 0 Å². The van der Waals surface area contributed by atoms with Crippen LogP contribution in [0.3, 0.4) is 0 Å². The minimum absolute atomic E-state index is 0.00691. The highest BCUT2D eigenvalue weighted by Gasteiger charge is 2.41. The van der Waals surface area contributed by atoms with Gasteiger partial charge in [0.25, 0.3) is 0 Å². The topological polar surface area (TPSA) is 81.7 Å². The molecular weight excluding hydrogens is 368 g/mol. The molecule has 2 fully saturated rings. The summed E-state index contributed by atoms with van der Waals surface area (Å²) in [4.78, 5) is 25.3. The zero-order chi connectivity index (χ0) is 20.3. The maximum atomic E-state index is 14.4. The largest absolute Gasteiger partial charge is 0.480 e. The number of hydrogen-bond donors (Lipinski definition) is 3. The van der Waals surface area contributed by atoms with Crippen LogP contribution in [0.15, 0.2) is 18.2 Å². The van der Waals surface area contributed by atoms with Crippen molar-refractivity contribution >= 4 is 12.0 Å². The summed E-state index contributed by atoms with van der Waals surface area (Å²) in [6, 6.07) is 3.23. The Morgan fingerprint density at radius 3 is 2.50 bits per heavy atom. The number of urea groups is 1. The number of nitrogens with one attached hydrogen (secondary N) is 2. The number of carboxylic acids is 1. The molecule has 6 nitrogen and oxygen atoms in total. The van der Waals surface area contributed by atoms with Crippen molar-refractivity contribution in [1.29, 1.82) is 0 Å². The molecule has 0 heterocycles. The molecular formula is C20H27F2N3O3. The maximum Gasteiger partial charge on any atom is 0.317 e. The molecule has 0 bridgehead atoms. The third-order valence-electron chi connectivity index (χ3n) is 5.97. The Labute approximate surface area is 163 Å². The highest BCUT2D eigenvalue weighted by atomic mass is 19.1. The molecule has 0 radical (unpaired) electrons. The van der Waals surface area contributed by atoms with Gasteiger partial charge in [0.2, 0.25) is 0 Å². The summed E-state index contributed by atoms with van der Waals surface area (Å²) >= 11 is 0. The van der Waals surface area contributed by atoms with E-state index in [1.165, 1.54) is 12.1 Å². The van der Waals surface area contributed by atoms with Crippen LogP contribution in [0.2, 0.25) is 0 Å². The number of amides is 2. The van der Waals surface area contributed by atoms with Crippen LogP contribution in [0.5, 0.6) is 0 Å². The van der Waals surface area contributed by atoms with Crippen molar-refractivity contribution in [3.63, 3.8) is 0 Å². The number of halogens is 2. The van der Waals surface area contributed by atoms with E-state index >= 15 is 0 Å². The maximum absolute atomic E-state index is 14.4. The fourth-order valence-corrected chi connectivity index (χ4v) is 4.43. The molecule has 0 atom stereocenters. The lowest BCUT2D eigenvalue weighted by atomic mass is 9.85. The molecule has 0 unspecified atom stereocenters. The van der Waals surface area contributed by atoms with Gasteiger partial charge >= 0.3 is 12.0 Å². The molecule has 8 heteroatoms. The van der Waals surface area contributed by atoms with Crippen molar-refractivity contribution in [1.82, 2.24) is 15.5 Å². The third-order valence-corrected chi connectivity index (χ3v) is 5.97. The molecule has 2 aliphatic rings. The summed E-state index contributed by atoms with van der Waals surface area (Å²) in [6.45, 7) is 2.55. The monoisotopic (exact) mass is 395 g/mol. The second-order valence-corrected chi connectivity index (χ2v) is 7.79. The lowest BCUT2D eigenvalue weighted by Gasteiger charge is -2.42. The molecule has 0 spiro atoms. The van der Waals surface area contributed by atoms with E-state index < -0.39 is 23.1 Å². The fraction of sp³-hybridized carbons (Fsp3) is 0.600. The Morgan fingerprint density at radius 2 is 1.93 bits per heavy atom. The van der Waals surface area contributed by atoms with Crippen molar-refractivity contribution in [3.8, 4) is 0 Å². The highest BCUT2D eigenvalue weighted by Crippen LogP contribution is 2.40. The molecule has 1 aromatic carbocycles. The molecule has 28 heavy (non-hydrogen) atoms. The van der Waals surface area contributed by atoms with Crippen LogP contribution in [-0.4, -0.2) is 47.2 Å². The van der Waals surface area contributed by atoms with E-state index in [1.54, 1.807) is 0 Å². The number of hydrogen-bond acceptors (Lipinski definition) is 3. The highest BCUT2D eigenvalue weighted by molar-refractivity contribution is 5.75. The van der Waals surface area contributed by atoms with Crippen molar-refractivity contribution in [2.75, 3.05) is 13.1 Å². The van der Waals surface area contributed by atoms with Gasteiger partial charge in [0, 0.05) is 23.7 Å². The van der Waals surface area contributed by atoms with Crippen LogP contribution < -0.4 is 10.6 Å². The Bertz CT molecular complexity index is 731. The molecule has 2 amide bonds. The minimum atomic E-state index is -0.861. The SMILES string of the molecule is CCN(CC(=O)O)C1CC(NC(=O)NC2(c3ccc(F)cc3F)CCCC2)C1. The molecule has 1 aromatic rings. The van der Waals surface area contributed by atoms with E-state index in [9.17, 15) is 18.4 Å². The molecule has 0 aliphatic heterocycles. The van der Waals surface area contributed by atoms with Gasteiger partial charge in [-0.1, -0.05) is 25.8 Å². The lowest BCUT2D eigenvalue weighted by Crippen LogP contribution is -2.58. The molecule has 3 N–H and O–H groups in total. The predicted molar refractivity (Wildman–Crippen MR) is 99.9 cm³/mol. The zero-order valence-corrected chi connectivity index (χ0v) is 16.0. The first kappa shape index (κ1) is 20.5. The zero-order valence-electron chi connectivity index (χ0n) is 16.0. The number of nitrogens with zero attached hydrogens (tertiary/aromatic N) is 1. The van der Waals surface area contributed by atoms with E-state index in [2.05, 4.69) is 10.6 Å². The van der Waals surface area contributed by atoms with Crippen molar-refractivity contribution < 1.29 is 23.5 Å². The fourth-order valence-electron chi connectivity index (χ4n) is 4.43. The number of benzene rings is 1. The Kier molecular flexibility index (Phi) is 6.17. The van der Waals surface area contributed by atoms with Gasteiger partial charge in [-0.05, 0) is 38.3 Å². The van der Waals surface area contributed by atoms with E-state index in [4.69, 9.17) is 5.11 Å². The van der Waals surface area contributed by atoms with E-state index in [0.29, 0.717) is 37.8 Å². The van der Waals surface area contributed by atoms with Crippen LogP contribution in [-0.2, 0) is 10.3 Å². The number of rotatable bonds is 7. The molecule has 0 saturated heterocycles. The molecule has 2 aliphatic carbocycles. The van der Waals surface area contributed by atoms with Crippen LogP contribution in [0.4, 0.5) is 13.6 Å². The van der Waals surface area contributed by atoms with Crippen molar-refractivity contribution in [2.45, 2.75) is 63.1 Å². The van der Waals surface area contributed by atoms with Crippen molar-refractivity contribution in [3.05, 3.63) is 35.4 Å². The third kappa shape index (κ3) is 4.43. The number of carboxylic acid groups (broad SMARTS) is 1. The van der Waals surface area contributed by atoms with Gasteiger partial charge in [0.15, 0.2) is 0 Å². The van der Waals surface area contributed by atoms with Gasteiger partial charge in [-0.3, -0.25) is 9.69 Å². The first-order valence-corrected chi connectivity index (χ1v) is 9.83. The van der Waals surface area contributed by atoms with Gasteiger partial charge < -0.3 is 15.7 Å². The summed E-state index contributed by atoms with van der Waals surface area (Å²) in [5.74, 6) is -2.14. The average molecular weight is 395 g/mol. The smallest absolute Gasteiger partial charge is 0.317 e. The second-order valence-electron chi connectivity index (χ2n) is 7.79. The summed E-state index contributed by atoms with van der Waals surface area (Å²) in [6.07, 6.45) is 4.32. The quantitative estimate of drug-likeness (QED) is 0.663. The lowest BCUT2D eigenvalue weighted by molar-refractivity contribution is -0.139. The summed E-state index contributed by atoms with van der Waals surface area (Å²) in [7, 11) is 0. The normalized spacial score (nSPS) is 23.3. The molecule has 0 aromatic heterocycles. The van der Waals surface area contributed by atoms with Gasteiger partial charge in [-0.2, -0.15) is 0 Å². The number of aliphatic carboxylic acids is 1. The molecule has 154 valence electrons. The van der Waals surface area contributed by atoms with Crippen LogP contribution in [0.1, 0.15) is 51.0 Å². The number of likely N-dealkylation sites (N-methyl/N-ethyl adjacent to an activating group) is 1. The number of carbonyl (C=O) groups excluding carboxylic acids is 1. The second kappa shape index (κ2) is 8.43. The van der Waals surface area contributed by atoms with Gasteiger partial charge in [0.05, 0.1) is 12.1 Å². The first-order valence-electron chi connectivity index (χ1n) is 9.83. The minimum Gasteiger partial charge on any atom is -0.480 e. The average Bonchev–Trinajstić information content (AvgIpc) is 3.04. The predicted octanol–water partition coefficient (Wildman–Crippen LogP) is 2.97. The molecule has 2 saturated carbocycles. The van der Waals surface area contributed by atoms with Crippen molar-refractivity contribution in [2.24, 2.45) is 0 Å². The number of carbonyl (C=O) groups is 2. The Hall–Kier alpha value is -2.22.